The summed E-state index contributed by atoms with van der Waals surface area (Å²) in [6.07, 6.45) is -0.316. The first-order chi connectivity index (χ1) is 11.3. The van der Waals surface area contributed by atoms with Crippen LogP contribution in [0.3, 0.4) is 0 Å². The van der Waals surface area contributed by atoms with Crippen molar-refractivity contribution in [1.82, 2.24) is 4.90 Å². The fourth-order valence-corrected chi connectivity index (χ4v) is 3.82. The van der Waals surface area contributed by atoms with E-state index in [1.165, 1.54) is 0 Å². The minimum absolute atomic E-state index is 0.0286. The molecule has 2 fully saturated rings. The van der Waals surface area contributed by atoms with Gasteiger partial charge in [-0.25, -0.2) is 8.78 Å². The molecular weight excluding hydrogens is 340 g/mol. The molecule has 1 heterocycles. The minimum atomic E-state index is -2.75. The first-order valence-corrected chi connectivity index (χ1v) is 8.47. The highest BCUT2D eigenvalue weighted by Crippen LogP contribution is 2.43. The standard InChI is InChI=1S/C17H20ClF2NO3/c18-12-2-1-3-13(10-12)24-14-4-9-21(11-14)16(15(22)23)5-7-17(19,20)8-6-16/h1-3,10,14H,4-9,11H2,(H,22,23)/t14-/m1/s1. The van der Waals surface area contributed by atoms with Gasteiger partial charge < -0.3 is 9.84 Å². The van der Waals surface area contributed by atoms with Crippen LogP contribution in [0, 0.1) is 0 Å². The second kappa shape index (κ2) is 6.48. The summed E-state index contributed by atoms with van der Waals surface area (Å²) in [5.74, 6) is -3.13. The second-order valence-electron chi connectivity index (χ2n) is 6.62. The number of nitrogens with zero attached hydrogens (tertiary/aromatic N) is 1. The van der Waals surface area contributed by atoms with Crippen molar-refractivity contribution in [3.05, 3.63) is 29.3 Å². The summed E-state index contributed by atoms with van der Waals surface area (Å²) in [5, 5.41) is 10.3. The predicted octanol–water partition coefficient (Wildman–Crippen LogP) is 3.83. The Morgan fingerprint density at radius 3 is 2.62 bits per heavy atom. The number of halogens is 3. The smallest absolute Gasteiger partial charge is 0.324 e. The first-order valence-electron chi connectivity index (χ1n) is 8.09. The van der Waals surface area contributed by atoms with Gasteiger partial charge in [0.05, 0.1) is 0 Å². The molecule has 0 unspecified atom stereocenters. The number of hydrogen-bond donors (Lipinski definition) is 1. The third-order valence-corrected chi connectivity index (χ3v) is 5.29. The molecule has 1 saturated carbocycles. The number of hydrogen-bond acceptors (Lipinski definition) is 3. The Hall–Kier alpha value is -1.40. The molecule has 1 saturated heterocycles. The van der Waals surface area contributed by atoms with E-state index in [9.17, 15) is 18.7 Å². The molecule has 3 rings (SSSR count). The zero-order chi connectivity index (χ0) is 17.4. The number of rotatable bonds is 4. The molecule has 0 bridgehead atoms. The minimum Gasteiger partial charge on any atom is -0.489 e. The van der Waals surface area contributed by atoms with E-state index in [4.69, 9.17) is 16.3 Å². The summed E-state index contributed by atoms with van der Waals surface area (Å²) in [6, 6.07) is 7.03. The van der Waals surface area contributed by atoms with Crippen LogP contribution in [0.5, 0.6) is 5.75 Å². The van der Waals surface area contributed by atoms with Gasteiger partial charge in [0.25, 0.3) is 0 Å². The van der Waals surface area contributed by atoms with Gasteiger partial charge in [-0.1, -0.05) is 17.7 Å². The van der Waals surface area contributed by atoms with Gasteiger partial charge in [0.15, 0.2) is 0 Å². The lowest BCUT2D eigenvalue weighted by molar-refractivity contribution is -0.160. The van der Waals surface area contributed by atoms with Gasteiger partial charge in [0.2, 0.25) is 5.92 Å². The number of ether oxygens (including phenoxy) is 1. The quantitative estimate of drug-likeness (QED) is 0.887. The van der Waals surface area contributed by atoms with Gasteiger partial charge in [-0.3, -0.25) is 9.69 Å². The Labute approximate surface area is 144 Å². The number of alkyl halides is 2. The van der Waals surface area contributed by atoms with E-state index in [1.807, 2.05) is 0 Å². The van der Waals surface area contributed by atoms with E-state index in [0.717, 1.165) is 0 Å². The van der Waals surface area contributed by atoms with Crippen molar-refractivity contribution in [2.75, 3.05) is 13.1 Å². The van der Waals surface area contributed by atoms with Crippen molar-refractivity contribution < 1.29 is 23.4 Å². The average Bonchev–Trinajstić information content (AvgIpc) is 2.96. The molecule has 0 aromatic heterocycles. The van der Waals surface area contributed by atoms with Crippen LogP contribution in [0.2, 0.25) is 5.02 Å². The van der Waals surface area contributed by atoms with Crippen LogP contribution >= 0.6 is 11.6 Å². The third-order valence-electron chi connectivity index (χ3n) is 5.06. The number of carbonyl (C=O) groups is 1. The molecule has 0 spiro atoms. The van der Waals surface area contributed by atoms with Gasteiger partial charge in [0, 0.05) is 31.0 Å². The van der Waals surface area contributed by atoms with Crippen LogP contribution in [0.4, 0.5) is 8.78 Å². The highest BCUT2D eigenvalue weighted by atomic mass is 35.5. The number of likely N-dealkylation sites (tertiary alicyclic amines) is 1. The van der Waals surface area contributed by atoms with Crippen LogP contribution in [-0.2, 0) is 4.79 Å². The molecule has 1 aromatic rings. The van der Waals surface area contributed by atoms with Gasteiger partial charge in [-0.2, -0.15) is 0 Å². The molecule has 4 nitrogen and oxygen atoms in total. The van der Waals surface area contributed by atoms with Crippen molar-refractivity contribution in [3.8, 4) is 5.75 Å². The van der Waals surface area contributed by atoms with Gasteiger partial charge >= 0.3 is 5.97 Å². The molecule has 0 amide bonds. The fraction of sp³-hybridized carbons (Fsp3) is 0.588. The summed E-state index contributed by atoms with van der Waals surface area (Å²) < 4.78 is 32.8. The number of aliphatic carboxylic acids is 1. The molecule has 1 atom stereocenters. The van der Waals surface area contributed by atoms with Gasteiger partial charge in [-0.15, -0.1) is 0 Å². The normalized spacial score (nSPS) is 26.2. The van der Waals surface area contributed by atoms with E-state index in [0.29, 0.717) is 30.3 Å². The Balaban J connectivity index is 1.68. The summed E-state index contributed by atoms with van der Waals surface area (Å²) in [6.45, 7) is 0.952. The molecule has 0 radical (unpaired) electrons. The van der Waals surface area contributed by atoms with E-state index < -0.39 is 17.4 Å². The van der Waals surface area contributed by atoms with Crippen molar-refractivity contribution in [3.63, 3.8) is 0 Å². The van der Waals surface area contributed by atoms with E-state index >= 15 is 0 Å². The van der Waals surface area contributed by atoms with Crippen LogP contribution in [-0.4, -0.2) is 46.6 Å². The Morgan fingerprint density at radius 1 is 1.29 bits per heavy atom. The number of carboxylic acid groups (broad SMARTS) is 1. The Kier molecular flexibility index (Phi) is 4.71. The van der Waals surface area contributed by atoms with Crippen molar-refractivity contribution >= 4 is 17.6 Å². The molecule has 2 aliphatic rings. The summed E-state index contributed by atoms with van der Waals surface area (Å²) in [5.41, 5.74) is -1.20. The highest BCUT2D eigenvalue weighted by molar-refractivity contribution is 6.30. The maximum absolute atomic E-state index is 13.5. The second-order valence-corrected chi connectivity index (χ2v) is 7.06. The molecular formula is C17H20ClF2NO3. The summed E-state index contributed by atoms with van der Waals surface area (Å²) in [7, 11) is 0. The maximum Gasteiger partial charge on any atom is 0.324 e. The van der Waals surface area contributed by atoms with Crippen LogP contribution in [0.15, 0.2) is 24.3 Å². The molecule has 7 heteroatoms. The van der Waals surface area contributed by atoms with Gasteiger partial charge in [-0.05, 0) is 37.5 Å². The topological polar surface area (TPSA) is 49.8 Å². The van der Waals surface area contributed by atoms with Crippen LogP contribution in [0.25, 0.3) is 0 Å². The van der Waals surface area contributed by atoms with E-state index in [2.05, 4.69) is 0 Å². The van der Waals surface area contributed by atoms with Gasteiger partial charge in [0.1, 0.15) is 17.4 Å². The molecule has 1 aliphatic heterocycles. The van der Waals surface area contributed by atoms with E-state index in [-0.39, 0.29) is 31.8 Å². The zero-order valence-electron chi connectivity index (χ0n) is 13.2. The van der Waals surface area contributed by atoms with Crippen LogP contribution < -0.4 is 4.74 Å². The van der Waals surface area contributed by atoms with Crippen LogP contribution in [0.1, 0.15) is 32.1 Å². The summed E-state index contributed by atoms with van der Waals surface area (Å²) >= 11 is 5.93. The fourth-order valence-electron chi connectivity index (χ4n) is 3.64. The Bertz CT molecular complexity index is 616. The third kappa shape index (κ3) is 3.49. The summed E-state index contributed by atoms with van der Waals surface area (Å²) in [4.78, 5) is 13.6. The molecule has 1 aliphatic carbocycles. The van der Waals surface area contributed by atoms with Crippen molar-refractivity contribution in [1.29, 1.82) is 0 Å². The molecule has 1 N–H and O–H groups in total. The van der Waals surface area contributed by atoms with Crippen molar-refractivity contribution in [2.45, 2.75) is 49.7 Å². The van der Waals surface area contributed by atoms with Crippen molar-refractivity contribution in [2.24, 2.45) is 0 Å². The monoisotopic (exact) mass is 359 g/mol. The SMILES string of the molecule is O=C(O)C1(N2CC[C@@H](Oc3cccc(Cl)c3)C2)CCC(F)(F)CC1. The number of carboxylic acids is 1. The highest BCUT2D eigenvalue weighted by Gasteiger charge is 2.53. The molecule has 132 valence electrons. The Morgan fingerprint density at radius 2 is 2.00 bits per heavy atom. The maximum atomic E-state index is 13.5. The lowest BCUT2D eigenvalue weighted by Gasteiger charge is -2.43. The number of benzene rings is 1. The predicted molar refractivity (Wildman–Crippen MR) is 85.8 cm³/mol. The lowest BCUT2D eigenvalue weighted by atomic mass is 9.78. The van der Waals surface area contributed by atoms with E-state index in [1.54, 1.807) is 29.2 Å². The molecule has 1 aromatic carbocycles. The first kappa shape index (κ1) is 17.4. The zero-order valence-corrected chi connectivity index (χ0v) is 13.9. The average molecular weight is 360 g/mol. The largest absolute Gasteiger partial charge is 0.489 e. The molecule has 24 heavy (non-hydrogen) atoms. The lowest BCUT2D eigenvalue weighted by Crippen LogP contribution is -2.57.